The third-order valence-electron chi connectivity index (χ3n) is 3.86. The number of rotatable bonds is 5. The van der Waals surface area contributed by atoms with E-state index < -0.39 is 5.57 Å². The van der Waals surface area contributed by atoms with Crippen molar-refractivity contribution in [3.05, 3.63) is 46.6 Å². The average molecular weight is 481 g/mol. The van der Waals surface area contributed by atoms with Crippen LogP contribution in [0.5, 0.6) is 5.75 Å². The van der Waals surface area contributed by atoms with E-state index in [1.54, 1.807) is 6.07 Å². The van der Waals surface area contributed by atoms with Crippen molar-refractivity contribution >= 4 is 56.5 Å². The van der Waals surface area contributed by atoms with Crippen LogP contribution < -0.4 is 15.0 Å². The number of anilines is 2. The van der Waals surface area contributed by atoms with E-state index in [1.165, 1.54) is 30.5 Å². The monoisotopic (exact) mass is 479 g/mol. The van der Waals surface area contributed by atoms with Crippen LogP contribution >= 0.6 is 39.1 Å². The molecule has 0 radical (unpaired) electrons. The standard InChI is InChI=1S/C17H14BrCl2F2N3O2/c18-14-7-10(8-23-15(14)25-6-5-11(19)9-25)16(26)24-12-1-3-13(4-2-12)27-17(20,21)22/h1-4,7-8,11H,5-6,9H2,(H,24,26)/t11-/m1/s1. The lowest BCUT2D eigenvalue weighted by atomic mass is 10.2. The molecular weight excluding hydrogens is 467 g/mol. The van der Waals surface area contributed by atoms with E-state index in [2.05, 4.69) is 35.9 Å². The maximum Gasteiger partial charge on any atom is 0.487 e. The van der Waals surface area contributed by atoms with Gasteiger partial charge in [-0.2, -0.15) is 0 Å². The van der Waals surface area contributed by atoms with Gasteiger partial charge < -0.3 is 15.0 Å². The normalized spacial score (nSPS) is 17.1. The lowest BCUT2D eigenvalue weighted by Gasteiger charge is -2.18. The zero-order valence-electron chi connectivity index (χ0n) is 13.8. The van der Waals surface area contributed by atoms with E-state index in [0.717, 1.165) is 18.8 Å². The number of hydrogen-bond acceptors (Lipinski definition) is 4. The number of nitrogens with zero attached hydrogens (tertiary/aromatic N) is 2. The molecule has 1 aliphatic rings. The predicted molar refractivity (Wildman–Crippen MR) is 104 cm³/mol. The van der Waals surface area contributed by atoms with Crippen molar-refractivity contribution in [1.82, 2.24) is 4.98 Å². The van der Waals surface area contributed by atoms with Gasteiger partial charge in [-0.25, -0.2) is 4.98 Å². The van der Waals surface area contributed by atoms with Crippen molar-refractivity contribution in [2.45, 2.75) is 17.4 Å². The summed E-state index contributed by atoms with van der Waals surface area (Å²) in [5, 5.41) is 2.75. The van der Waals surface area contributed by atoms with E-state index in [4.69, 9.17) is 23.2 Å². The molecular formula is C17H14BrCl2F2N3O2. The van der Waals surface area contributed by atoms with Crippen LogP contribution in [0, 0.1) is 0 Å². The van der Waals surface area contributed by atoms with Crippen LogP contribution in [0.2, 0.25) is 0 Å². The number of alkyl halides is 4. The molecule has 0 spiro atoms. The number of halogens is 5. The van der Waals surface area contributed by atoms with Gasteiger partial charge in [0.1, 0.15) is 11.6 Å². The minimum Gasteiger partial charge on any atom is -0.420 e. The smallest absolute Gasteiger partial charge is 0.420 e. The summed E-state index contributed by atoms with van der Waals surface area (Å²) in [6.45, 7) is 1.51. The third kappa shape index (κ3) is 5.43. The largest absolute Gasteiger partial charge is 0.487 e. The van der Waals surface area contributed by atoms with Gasteiger partial charge in [0.2, 0.25) is 0 Å². The van der Waals surface area contributed by atoms with E-state index >= 15 is 0 Å². The molecule has 0 aliphatic carbocycles. The number of carbonyl (C=O) groups is 1. The molecule has 0 unspecified atom stereocenters. The molecule has 0 saturated carbocycles. The second-order valence-corrected chi connectivity index (χ2v) is 7.80. The summed E-state index contributed by atoms with van der Waals surface area (Å²) in [5.74, 6) is 0.228. The number of aromatic nitrogens is 1. The van der Waals surface area contributed by atoms with Crippen molar-refractivity contribution < 1.29 is 18.3 Å². The Morgan fingerprint density at radius 2 is 2.07 bits per heavy atom. The highest BCUT2D eigenvalue weighted by Gasteiger charge is 2.27. The van der Waals surface area contributed by atoms with Crippen molar-refractivity contribution in [2.75, 3.05) is 23.3 Å². The highest BCUT2D eigenvalue weighted by atomic mass is 79.9. The topological polar surface area (TPSA) is 54.5 Å². The molecule has 1 amide bonds. The molecule has 10 heteroatoms. The highest BCUT2D eigenvalue weighted by molar-refractivity contribution is 9.10. The summed E-state index contributed by atoms with van der Waals surface area (Å²) >= 11 is 14.3. The van der Waals surface area contributed by atoms with Gasteiger partial charge >= 0.3 is 5.57 Å². The molecule has 1 N–H and O–H groups in total. The summed E-state index contributed by atoms with van der Waals surface area (Å²) in [7, 11) is 0. The fourth-order valence-electron chi connectivity index (χ4n) is 2.64. The first-order chi connectivity index (χ1) is 12.7. The lowest BCUT2D eigenvalue weighted by molar-refractivity contribution is -0.0964. The Kier molecular flexibility index (Phi) is 6.08. The molecule has 144 valence electrons. The predicted octanol–water partition coefficient (Wildman–Crippen LogP) is 5.08. The zero-order chi connectivity index (χ0) is 19.6. The van der Waals surface area contributed by atoms with Gasteiger partial charge in [0.05, 0.1) is 15.4 Å². The SMILES string of the molecule is O=C(Nc1ccc(OC(F)(F)Cl)cc1)c1cnc(N2CC[C@@H](Cl)C2)c(Br)c1. The van der Waals surface area contributed by atoms with Gasteiger partial charge in [-0.05, 0) is 52.7 Å². The van der Waals surface area contributed by atoms with E-state index in [-0.39, 0.29) is 17.0 Å². The lowest BCUT2D eigenvalue weighted by Crippen LogP contribution is -2.22. The Labute approximate surface area is 172 Å². The highest BCUT2D eigenvalue weighted by Crippen LogP contribution is 2.29. The molecule has 1 fully saturated rings. The van der Waals surface area contributed by atoms with Crippen LogP contribution in [0.1, 0.15) is 16.8 Å². The molecule has 2 heterocycles. The number of carbonyl (C=O) groups excluding carboxylic acids is 1. The first kappa shape index (κ1) is 20.1. The second kappa shape index (κ2) is 8.16. The van der Waals surface area contributed by atoms with Crippen molar-refractivity contribution in [3.63, 3.8) is 0 Å². The molecule has 3 rings (SSSR count). The Bertz CT molecular complexity index is 834. The summed E-state index contributed by atoms with van der Waals surface area (Å²) in [6, 6.07) is 7.08. The van der Waals surface area contributed by atoms with Gasteiger partial charge in [-0.15, -0.1) is 20.4 Å². The number of ether oxygens (including phenoxy) is 1. The van der Waals surface area contributed by atoms with Gasteiger partial charge in [0, 0.05) is 36.6 Å². The molecule has 1 aromatic carbocycles. The van der Waals surface area contributed by atoms with E-state index in [9.17, 15) is 13.6 Å². The molecule has 1 aromatic heterocycles. The Morgan fingerprint density at radius 1 is 1.37 bits per heavy atom. The minimum absolute atomic E-state index is 0.0902. The zero-order valence-corrected chi connectivity index (χ0v) is 16.9. The van der Waals surface area contributed by atoms with Crippen LogP contribution in [0.3, 0.4) is 0 Å². The summed E-state index contributed by atoms with van der Waals surface area (Å²) < 4.78 is 30.1. The van der Waals surface area contributed by atoms with E-state index in [0.29, 0.717) is 22.3 Å². The van der Waals surface area contributed by atoms with E-state index in [1.807, 2.05) is 0 Å². The number of benzene rings is 1. The fraction of sp³-hybridized carbons (Fsp3) is 0.294. The van der Waals surface area contributed by atoms with Gasteiger partial charge in [-0.3, -0.25) is 4.79 Å². The van der Waals surface area contributed by atoms with Gasteiger partial charge in [0.15, 0.2) is 0 Å². The number of nitrogens with one attached hydrogen (secondary N) is 1. The molecule has 5 nitrogen and oxygen atoms in total. The third-order valence-corrected chi connectivity index (χ3v) is 4.88. The Balaban J connectivity index is 1.66. The first-order valence-corrected chi connectivity index (χ1v) is 9.54. The van der Waals surface area contributed by atoms with Crippen LogP contribution in [-0.4, -0.2) is 34.9 Å². The number of amides is 1. The van der Waals surface area contributed by atoms with Crippen molar-refractivity contribution in [3.8, 4) is 5.75 Å². The van der Waals surface area contributed by atoms with Gasteiger partial charge in [0.25, 0.3) is 5.91 Å². The summed E-state index contributed by atoms with van der Waals surface area (Å²) in [6.07, 6.45) is 2.36. The molecule has 27 heavy (non-hydrogen) atoms. The quantitative estimate of drug-likeness (QED) is 0.606. The maximum atomic E-state index is 12.6. The van der Waals surface area contributed by atoms with Crippen LogP contribution in [0.15, 0.2) is 41.0 Å². The molecule has 1 saturated heterocycles. The van der Waals surface area contributed by atoms with Gasteiger partial charge in [-0.1, -0.05) is 0 Å². The van der Waals surface area contributed by atoms with Crippen LogP contribution in [0.4, 0.5) is 20.3 Å². The number of pyridine rings is 1. The van der Waals surface area contributed by atoms with Crippen LogP contribution in [-0.2, 0) is 0 Å². The maximum absolute atomic E-state index is 12.6. The van der Waals surface area contributed by atoms with Crippen molar-refractivity contribution in [2.24, 2.45) is 0 Å². The molecule has 0 bridgehead atoms. The second-order valence-electron chi connectivity index (χ2n) is 5.89. The molecule has 1 atom stereocenters. The van der Waals surface area contributed by atoms with Crippen LogP contribution in [0.25, 0.3) is 0 Å². The minimum atomic E-state index is -3.79. The summed E-state index contributed by atoms with van der Waals surface area (Å²) in [4.78, 5) is 18.8. The first-order valence-electron chi connectivity index (χ1n) is 7.93. The average Bonchev–Trinajstić information content (AvgIpc) is 3.01. The molecule has 2 aromatic rings. The van der Waals surface area contributed by atoms with Crippen molar-refractivity contribution in [1.29, 1.82) is 0 Å². The summed E-state index contributed by atoms with van der Waals surface area (Å²) in [5.41, 5.74) is -3.03. The Morgan fingerprint density at radius 3 is 2.63 bits per heavy atom. The Hall–Kier alpha value is -1.64. The molecule has 1 aliphatic heterocycles. The number of hydrogen-bond donors (Lipinski definition) is 1. The fourth-order valence-corrected chi connectivity index (χ4v) is 3.59.